The quantitative estimate of drug-likeness (QED) is 0.262. The maximum absolute atomic E-state index is 7.93. The lowest BCUT2D eigenvalue weighted by Gasteiger charge is -1.95. The first kappa shape index (κ1) is 7.24. The van der Waals surface area contributed by atoms with E-state index in [1.807, 2.05) is 0 Å². The van der Waals surface area contributed by atoms with Crippen molar-refractivity contribution < 1.29 is 10.1 Å². The van der Waals surface area contributed by atoms with Crippen molar-refractivity contribution in [3.8, 4) is 0 Å². The summed E-state index contributed by atoms with van der Waals surface area (Å²) in [5, 5.41) is 7.93. The van der Waals surface area contributed by atoms with Crippen molar-refractivity contribution >= 4 is 0 Å². The molecule has 0 amide bonds. The minimum atomic E-state index is 0.380. The zero-order chi connectivity index (χ0) is 6.41. The third-order valence-corrected chi connectivity index (χ3v) is 0.756. The topological polar surface area (TPSA) is 29.5 Å². The summed E-state index contributed by atoms with van der Waals surface area (Å²) >= 11 is 0. The molecule has 0 radical (unpaired) electrons. The highest BCUT2D eigenvalue weighted by atomic mass is 17.1. The lowest BCUT2D eigenvalue weighted by Crippen LogP contribution is -1.82. The van der Waals surface area contributed by atoms with Crippen LogP contribution in [-0.2, 0) is 4.89 Å². The SMILES string of the molecule is C=CCCC(=C)OO. The average Bonchev–Trinajstić information content (AvgIpc) is 1.83. The molecule has 0 bridgehead atoms. The molecule has 0 aliphatic rings. The van der Waals surface area contributed by atoms with E-state index in [1.165, 1.54) is 0 Å². The van der Waals surface area contributed by atoms with Gasteiger partial charge in [-0.2, -0.15) is 0 Å². The van der Waals surface area contributed by atoms with Crippen LogP contribution in [0.2, 0.25) is 0 Å². The van der Waals surface area contributed by atoms with Crippen LogP contribution in [0.25, 0.3) is 0 Å². The predicted molar refractivity (Wildman–Crippen MR) is 32.3 cm³/mol. The van der Waals surface area contributed by atoms with E-state index >= 15 is 0 Å². The monoisotopic (exact) mass is 114 g/mol. The van der Waals surface area contributed by atoms with Crippen LogP contribution < -0.4 is 0 Å². The highest BCUT2D eigenvalue weighted by Crippen LogP contribution is 2.00. The maximum Gasteiger partial charge on any atom is 0.135 e. The molecule has 0 aromatic carbocycles. The molecule has 0 aliphatic carbocycles. The molecule has 0 aromatic heterocycles. The Bertz CT molecular complexity index is 86.5. The van der Waals surface area contributed by atoms with Crippen LogP contribution in [0, 0.1) is 0 Å². The summed E-state index contributed by atoms with van der Waals surface area (Å²) in [6.07, 6.45) is 3.17. The van der Waals surface area contributed by atoms with Gasteiger partial charge in [-0.05, 0) is 6.42 Å². The molecule has 0 heterocycles. The van der Waals surface area contributed by atoms with Crippen molar-refractivity contribution in [1.82, 2.24) is 0 Å². The van der Waals surface area contributed by atoms with E-state index in [2.05, 4.69) is 18.0 Å². The van der Waals surface area contributed by atoms with Gasteiger partial charge in [0.15, 0.2) is 0 Å². The number of rotatable bonds is 4. The minimum absolute atomic E-state index is 0.380. The number of allylic oxidation sites excluding steroid dienone is 2. The van der Waals surface area contributed by atoms with Crippen LogP contribution in [0.1, 0.15) is 12.8 Å². The Morgan fingerprint density at radius 1 is 1.75 bits per heavy atom. The molecular formula is C6H10O2. The highest BCUT2D eigenvalue weighted by molar-refractivity contribution is 4.83. The van der Waals surface area contributed by atoms with Crippen LogP contribution >= 0.6 is 0 Å². The van der Waals surface area contributed by atoms with E-state index in [0.717, 1.165) is 6.42 Å². The van der Waals surface area contributed by atoms with Crippen LogP contribution in [0.15, 0.2) is 25.0 Å². The zero-order valence-electron chi connectivity index (χ0n) is 4.76. The van der Waals surface area contributed by atoms with E-state index in [1.54, 1.807) is 6.08 Å². The van der Waals surface area contributed by atoms with Crippen LogP contribution in [0.5, 0.6) is 0 Å². The molecule has 2 nitrogen and oxygen atoms in total. The summed E-state index contributed by atoms with van der Waals surface area (Å²) < 4.78 is 0. The summed E-state index contributed by atoms with van der Waals surface area (Å²) in [7, 11) is 0. The Labute approximate surface area is 49.0 Å². The average molecular weight is 114 g/mol. The van der Waals surface area contributed by atoms with Gasteiger partial charge in [0.25, 0.3) is 0 Å². The fourth-order valence-electron chi connectivity index (χ4n) is 0.309. The third kappa shape index (κ3) is 3.43. The largest absolute Gasteiger partial charge is 0.345 e. The summed E-state index contributed by atoms with van der Waals surface area (Å²) in [5.74, 6) is 0.380. The summed E-state index contributed by atoms with van der Waals surface area (Å²) in [5.41, 5.74) is 0. The standard InChI is InChI=1S/C6H10O2/c1-3-4-5-6(2)8-7/h3,7H,1-2,4-5H2. The van der Waals surface area contributed by atoms with Gasteiger partial charge in [0.1, 0.15) is 5.76 Å². The molecule has 0 saturated carbocycles. The van der Waals surface area contributed by atoms with Gasteiger partial charge >= 0.3 is 0 Å². The lowest BCUT2D eigenvalue weighted by atomic mass is 10.3. The first-order chi connectivity index (χ1) is 3.81. The summed E-state index contributed by atoms with van der Waals surface area (Å²) in [6.45, 7) is 6.88. The van der Waals surface area contributed by atoms with Crippen molar-refractivity contribution in [2.75, 3.05) is 0 Å². The second-order valence-electron chi connectivity index (χ2n) is 1.46. The second-order valence-corrected chi connectivity index (χ2v) is 1.46. The van der Waals surface area contributed by atoms with Crippen LogP contribution in [0.4, 0.5) is 0 Å². The molecule has 0 fully saturated rings. The fraction of sp³-hybridized carbons (Fsp3) is 0.333. The van der Waals surface area contributed by atoms with Gasteiger partial charge in [0, 0.05) is 6.42 Å². The molecule has 0 aliphatic heterocycles. The van der Waals surface area contributed by atoms with E-state index in [-0.39, 0.29) is 0 Å². The first-order valence-electron chi connectivity index (χ1n) is 2.41. The Kier molecular flexibility index (Phi) is 3.98. The minimum Gasteiger partial charge on any atom is -0.345 e. The molecule has 0 atom stereocenters. The molecular weight excluding hydrogens is 104 g/mol. The van der Waals surface area contributed by atoms with Crippen molar-refractivity contribution in [3.63, 3.8) is 0 Å². The van der Waals surface area contributed by atoms with Crippen molar-refractivity contribution in [2.45, 2.75) is 12.8 Å². The molecule has 0 unspecified atom stereocenters. The van der Waals surface area contributed by atoms with E-state index < -0.39 is 0 Å². The summed E-state index contributed by atoms with van der Waals surface area (Å²) in [6, 6.07) is 0. The van der Waals surface area contributed by atoms with Gasteiger partial charge < -0.3 is 4.89 Å². The fourth-order valence-corrected chi connectivity index (χ4v) is 0.309. The molecule has 0 aromatic rings. The molecule has 0 saturated heterocycles. The van der Waals surface area contributed by atoms with Gasteiger partial charge in [-0.3, -0.25) is 0 Å². The Balaban J connectivity index is 3.11. The molecule has 8 heavy (non-hydrogen) atoms. The van der Waals surface area contributed by atoms with E-state index in [9.17, 15) is 0 Å². The van der Waals surface area contributed by atoms with Crippen LogP contribution in [0.3, 0.4) is 0 Å². The van der Waals surface area contributed by atoms with Gasteiger partial charge in [0.05, 0.1) is 0 Å². The van der Waals surface area contributed by atoms with Crippen molar-refractivity contribution in [1.29, 1.82) is 0 Å². The maximum atomic E-state index is 7.93. The van der Waals surface area contributed by atoms with E-state index in [0.29, 0.717) is 12.2 Å². The molecule has 0 rings (SSSR count). The van der Waals surface area contributed by atoms with E-state index in [4.69, 9.17) is 5.26 Å². The number of hydrogen-bond acceptors (Lipinski definition) is 2. The van der Waals surface area contributed by atoms with Gasteiger partial charge in [-0.25, -0.2) is 5.26 Å². The van der Waals surface area contributed by atoms with Gasteiger partial charge in [-0.1, -0.05) is 12.7 Å². The Morgan fingerprint density at radius 3 is 2.75 bits per heavy atom. The molecule has 1 N–H and O–H groups in total. The van der Waals surface area contributed by atoms with Crippen LogP contribution in [-0.4, -0.2) is 5.26 Å². The molecule has 0 spiro atoms. The summed E-state index contributed by atoms with van der Waals surface area (Å²) in [4.78, 5) is 3.81. The second kappa shape index (κ2) is 4.40. The normalized spacial score (nSPS) is 8.12. The van der Waals surface area contributed by atoms with Gasteiger partial charge in [0.2, 0.25) is 0 Å². The first-order valence-corrected chi connectivity index (χ1v) is 2.41. The smallest absolute Gasteiger partial charge is 0.135 e. The highest BCUT2D eigenvalue weighted by Gasteiger charge is 1.88. The molecule has 46 valence electrons. The van der Waals surface area contributed by atoms with Crippen molar-refractivity contribution in [3.05, 3.63) is 25.0 Å². The molecule has 2 heteroatoms. The third-order valence-electron chi connectivity index (χ3n) is 0.756. The van der Waals surface area contributed by atoms with Gasteiger partial charge in [-0.15, -0.1) is 6.58 Å². The zero-order valence-corrected chi connectivity index (χ0v) is 4.76. The predicted octanol–water partition coefficient (Wildman–Crippen LogP) is 1.96. The Morgan fingerprint density at radius 2 is 2.38 bits per heavy atom. The Hall–Kier alpha value is -0.760. The van der Waals surface area contributed by atoms with Crippen molar-refractivity contribution in [2.24, 2.45) is 0 Å². The number of hydrogen-bond donors (Lipinski definition) is 1. The lowest BCUT2D eigenvalue weighted by molar-refractivity contribution is -0.205.